The van der Waals surface area contributed by atoms with Crippen LogP contribution in [0.2, 0.25) is 0 Å². The van der Waals surface area contributed by atoms with Crippen LogP contribution in [0.1, 0.15) is 5.56 Å². The molecule has 0 saturated carbocycles. The van der Waals surface area contributed by atoms with Gasteiger partial charge in [-0.05, 0) is 17.7 Å². The lowest BCUT2D eigenvalue weighted by molar-refractivity contribution is -0.384. The molecule has 1 saturated heterocycles. The van der Waals surface area contributed by atoms with Crippen molar-refractivity contribution in [2.75, 3.05) is 24.7 Å². The van der Waals surface area contributed by atoms with Gasteiger partial charge in [0.25, 0.3) is 5.69 Å². The highest BCUT2D eigenvalue weighted by atomic mass is 32.2. The minimum absolute atomic E-state index is 0.0144. The van der Waals surface area contributed by atoms with Crippen LogP contribution >= 0.6 is 0 Å². The SMILES string of the molecule is O=[N+]([O-])c1ccc(CO[C@H]([C@H](O)[C@@H](O)CO)[C@H](O)C[S+]2C[C@@H](O)[C@H](O)[C@H]2CO)cc1. The predicted octanol–water partition coefficient (Wildman–Crippen LogP) is -2.73. The smallest absolute Gasteiger partial charge is 0.269 e. The first-order chi connectivity index (χ1) is 14.2. The molecule has 1 aromatic rings. The van der Waals surface area contributed by atoms with Gasteiger partial charge < -0.3 is 40.5 Å². The number of aliphatic hydroxyl groups excluding tert-OH is 7. The fraction of sp³-hybridized carbons (Fsp3) is 0.667. The number of ether oxygens (including phenoxy) is 1. The predicted molar refractivity (Wildman–Crippen MR) is 107 cm³/mol. The van der Waals surface area contributed by atoms with Gasteiger partial charge in [-0.2, -0.15) is 0 Å². The molecule has 1 fully saturated rings. The van der Waals surface area contributed by atoms with Gasteiger partial charge in [0, 0.05) is 23.0 Å². The Bertz CT molecular complexity index is 677. The summed E-state index contributed by atoms with van der Waals surface area (Å²) in [5.41, 5.74) is 0.409. The van der Waals surface area contributed by atoms with Crippen molar-refractivity contribution >= 4 is 16.6 Å². The second-order valence-electron chi connectivity index (χ2n) is 7.16. The van der Waals surface area contributed by atoms with E-state index in [0.717, 1.165) is 0 Å². The fourth-order valence-electron chi connectivity index (χ4n) is 3.28. The molecule has 0 aromatic heterocycles. The molecule has 12 heteroatoms. The first-order valence-corrected chi connectivity index (χ1v) is 11.0. The van der Waals surface area contributed by atoms with Gasteiger partial charge >= 0.3 is 0 Å². The molecule has 1 heterocycles. The van der Waals surface area contributed by atoms with Crippen LogP contribution in [-0.2, 0) is 22.2 Å². The van der Waals surface area contributed by atoms with Crippen molar-refractivity contribution in [3.63, 3.8) is 0 Å². The summed E-state index contributed by atoms with van der Waals surface area (Å²) in [6.07, 6.45) is -8.06. The third kappa shape index (κ3) is 6.09. The normalized spacial score (nSPS) is 28.1. The third-order valence-corrected chi connectivity index (χ3v) is 7.86. The van der Waals surface area contributed by atoms with E-state index in [1.54, 1.807) is 0 Å². The number of hydrogen-bond donors (Lipinski definition) is 7. The van der Waals surface area contributed by atoms with Crippen molar-refractivity contribution < 1.29 is 45.4 Å². The van der Waals surface area contributed by atoms with Gasteiger partial charge in [-0.25, -0.2) is 0 Å². The van der Waals surface area contributed by atoms with Gasteiger partial charge in [-0.3, -0.25) is 10.1 Å². The number of hydrogen-bond acceptors (Lipinski definition) is 10. The summed E-state index contributed by atoms with van der Waals surface area (Å²) < 4.78 is 5.58. The Morgan fingerprint density at radius 1 is 1.13 bits per heavy atom. The molecule has 1 aliphatic rings. The maximum absolute atomic E-state index is 10.7. The van der Waals surface area contributed by atoms with Gasteiger partial charge in [0.15, 0.2) is 5.25 Å². The first kappa shape index (κ1) is 24.9. The highest BCUT2D eigenvalue weighted by Crippen LogP contribution is 2.26. The maximum Gasteiger partial charge on any atom is 0.269 e. The molecule has 0 aliphatic carbocycles. The van der Waals surface area contributed by atoms with Crippen LogP contribution in [0.25, 0.3) is 0 Å². The lowest BCUT2D eigenvalue weighted by Gasteiger charge is -2.29. The largest absolute Gasteiger partial charge is 0.394 e. The zero-order chi connectivity index (χ0) is 22.4. The second kappa shape index (κ2) is 11.3. The van der Waals surface area contributed by atoms with E-state index in [9.17, 15) is 40.8 Å². The second-order valence-corrected chi connectivity index (χ2v) is 9.50. The van der Waals surface area contributed by atoms with Crippen molar-refractivity contribution in [2.24, 2.45) is 0 Å². The van der Waals surface area contributed by atoms with E-state index >= 15 is 0 Å². The number of nitro benzene ring substituents is 1. The van der Waals surface area contributed by atoms with Crippen molar-refractivity contribution in [3.05, 3.63) is 39.9 Å². The summed E-state index contributed by atoms with van der Waals surface area (Å²) >= 11 is 0. The summed E-state index contributed by atoms with van der Waals surface area (Å²) in [6.45, 7) is -1.30. The summed E-state index contributed by atoms with van der Waals surface area (Å²) in [6, 6.07) is 5.45. The molecule has 170 valence electrons. The number of aliphatic hydroxyl groups is 7. The topological polar surface area (TPSA) is 194 Å². The standard InChI is InChI=1S/C18H28NO10S/c20-5-12(22)17(26)18(29-7-10-1-3-11(4-2-10)19(27)28)14(24)9-30-8-13(23)16(25)15(30)6-21/h1-4,12-18,20-26H,5-9H2/q+1/t12-,13+,14+,15+,16-,17+,18-,30?/m0/s1. The molecule has 1 unspecified atom stereocenters. The van der Waals surface area contributed by atoms with Crippen LogP contribution < -0.4 is 0 Å². The van der Waals surface area contributed by atoms with E-state index in [-0.39, 0.29) is 30.4 Å². The maximum atomic E-state index is 10.7. The van der Waals surface area contributed by atoms with E-state index in [1.165, 1.54) is 24.3 Å². The fourth-order valence-corrected chi connectivity index (χ4v) is 5.96. The first-order valence-electron chi connectivity index (χ1n) is 9.32. The average Bonchev–Trinajstić information content (AvgIpc) is 2.99. The average molecular weight is 450 g/mol. The minimum Gasteiger partial charge on any atom is -0.394 e. The van der Waals surface area contributed by atoms with E-state index in [2.05, 4.69) is 0 Å². The Morgan fingerprint density at radius 2 is 1.77 bits per heavy atom. The highest BCUT2D eigenvalue weighted by molar-refractivity contribution is 7.97. The van der Waals surface area contributed by atoms with E-state index in [1.807, 2.05) is 0 Å². The van der Waals surface area contributed by atoms with Gasteiger partial charge in [0.1, 0.15) is 48.1 Å². The van der Waals surface area contributed by atoms with E-state index in [0.29, 0.717) is 5.56 Å². The minimum atomic E-state index is -1.64. The molecule has 8 atom stereocenters. The van der Waals surface area contributed by atoms with Gasteiger partial charge in [0.05, 0.1) is 24.7 Å². The van der Waals surface area contributed by atoms with E-state index in [4.69, 9.17) is 9.84 Å². The van der Waals surface area contributed by atoms with Crippen LogP contribution in [-0.4, -0.2) is 107 Å². The van der Waals surface area contributed by atoms with Crippen LogP contribution in [0.5, 0.6) is 0 Å². The van der Waals surface area contributed by atoms with Crippen LogP contribution in [0.3, 0.4) is 0 Å². The van der Waals surface area contributed by atoms with Gasteiger partial charge in [-0.1, -0.05) is 0 Å². The summed E-state index contributed by atoms with van der Waals surface area (Å²) in [7, 11) is -0.774. The molecule has 0 amide bonds. The quantitative estimate of drug-likeness (QED) is 0.106. The summed E-state index contributed by atoms with van der Waals surface area (Å²) in [4.78, 5) is 10.2. The summed E-state index contributed by atoms with van der Waals surface area (Å²) in [5.74, 6) is 0.149. The Morgan fingerprint density at radius 3 is 2.30 bits per heavy atom. The number of nitro groups is 1. The number of rotatable bonds is 11. The Kier molecular flexibility index (Phi) is 9.40. The van der Waals surface area contributed by atoms with Crippen molar-refractivity contribution in [1.82, 2.24) is 0 Å². The molecule has 0 spiro atoms. The number of non-ortho nitro benzene ring substituents is 1. The lowest BCUT2D eigenvalue weighted by atomic mass is 10.0. The molecule has 2 rings (SSSR count). The monoisotopic (exact) mass is 450 g/mol. The van der Waals surface area contributed by atoms with Crippen LogP contribution in [0.4, 0.5) is 5.69 Å². The number of nitrogens with zero attached hydrogens (tertiary/aromatic N) is 1. The molecule has 1 aromatic carbocycles. The van der Waals surface area contributed by atoms with Crippen molar-refractivity contribution in [3.8, 4) is 0 Å². The zero-order valence-corrected chi connectivity index (χ0v) is 16.9. The molecule has 11 nitrogen and oxygen atoms in total. The molecule has 0 bridgehead atoms. The zero-order valence-electron chi connectivity index (χ0n) is 16.1. The molecule has 30 heavy (non-hydrogen) atoms. The Labute approximate surface area is 175 Å². The lowest BCUT2D eigenvalue weighted by Crippen LogP contribution is -2.50. The highest BCUT2D eigenvalue weighted by Gasteiger charge is 2.51. The Balaban J connectivity index is 2.09. The molecular weight excluding hydrogens is 422 g/mol. The van der Waals surface area contributed by atoms with Gasteiger partial charge in [0.2, 0.25) is 0 Å². The van der Waals surface area contributed by atoms with Crippen LogP contribution in [0.15, 0.2) is 24.3 Å². The number of benzene rings is 1. The van der Waals surface area contributed by atoms with Crippen LogP contribution in [0, 0.1) is 10.1 Å². The molecule has 7 N–H and O–H groups in total. The van der Waals surface area contributed by atoms with Crippen molar-refractivity contribution in [2.45, 2.75) is 48.5 Å². The van der Waals surface area contributed by atoms with Crippen molar-refractivity contribution in [1.29, 1.82) is 0 Å². The summed E-state index contributed by atoms with van der Waals surface area (Å²) in [5, 5.41) is 79.3. The third-order valence-electron chi connectivity index (χ3n) is 5.04. The van der Waals surface area contributed by atoms with E-state index < -0.39 is 64.3 Å². The van der Waals surface area contributed by atoms with Gasteiger partial charge in [-0.15, -0.1) is 0 Å². The molecular formula is C18H28NO10S+. The molecule has 1 aliphatic heterocycles. The molecule has 0 radical (unpaired) electrons. The Hall–Kier alpha value is -1.35.